The Hall–Kier alpha value is -1.32. The van der Waals surface area contributed by atoms with E-state index in [9.17, 15) is 0 Å². The second-order valence-corrected chi connectivity index (χ2v) is 7.83. The highest BCUT2D eigenvalue weighted by atomic mass is 127. The minimum Gasteiger partial charge on any atom is -0.381 e. The fraction of sp³-hybridized carbons (Fsp3) is 0.524. The van der Waals surface area contributed by atoms with Gasteiger partial charge in [0.1, 0.15) is 0 Å². The number of benzene rings is 1. The first-order chi connectivity index (χ1) is 13.5. The fourth-order valence-corrected chi connectivity index (χ4v) is 4.25. The summed E-state index contributed by atoms with van der Waals surface area (Å²) in [5.74, 6) is 0.778. The molecule has 29 heavy (non-hydrogen) atoms. The molecule has 3 rings (SSSR count). The molecule has 1 aliphatic heterocycles. The summed E-state index contributed by atoms with van der Waals surface area (Å²) in [5, 5.41) is 12.2. The van der Waals surface area contributed by atoms with Gasteiger partial charge in [0, 0.05) is 62.1 Å². The number of ether oxygens (including phenoxy) is 1. The third-order valence-corrected chi connectivity index (χ3v) is 6.13. The van der Waals surface area contributed by atoms with Crippen LogP contribution in [0.25, 0.3) is 0 Å². The number of rotatable bonds is 5. The summed E-state index contributed by atoms with van der Waals surface area (Å²) in [6, 6.07) is 8.13. The number of aromatic nitrogens is 2. The second-order valence-electron chi connectivity index (χ2n) is 7.42. The molecule has 1 saturated heterocycles. The van der Waals surface area contributed by atoms with Crippen LogP contribution in [0.1, 0.15) is 35.4 Å². The third kappa shape index (κ3) is 5.44. The van der Waals surface area contributed by atoms with Gasteiger partial charge in [0.05, 0.1) is 5.69 Å². The lowest BCUT2D eigenvalue weighted by Gasteiger charge is -2.38. The standard InChI is InChI=1S/C21H30ClN5O.HI/c1-15-17(16(2)27(4)26-15)13-24-20(23-3)25-14-21(9-11-28-12-10-21)18-7-5-6-8-19(18)22;/h5-8H,9-14H2,1-4H3,(H2,23,24,25);1H. The fourth-order valence-electron chi connectivity index (χ4n) is 3.91. The van der Waals surface area contributed by atoms with Crippen molar-refractivity contribution in [3.63, 3.8) is 0 Å². The Morgan fingerprint density at radius 1 is 1.24 bits per heavy atom. The van der Waals surface area contributed by atoms with E-state index in [0.717, 1.165) is 55.0 Å². The molecule has 8 heteroatoms. The SMILES string of the molecule is CN=C(NCc1c(C)nn(C)c1C)NCC1(c2ccccc2Cl)CCOCC1.I. The van der Waals surface area contributed by atoms with E-state index in [4.69, 9.17) is 16.3 Å². The number of nitrogens with zero attached hydrogens (tertiary/aromatic N) is 3. The van der Waals surface area contributed by atoms with Crippen molar-refractivity contribution in [2.75, 3.05) is 26.8 Å². The third-order valence-electron chi connectivity index (χ3n) is 5.80. The molecule has 6 nitrogen and oxygen atoms in total. The van der Waals surface area contributed by atoms with Crippen molar-refractivity contribution in [2.45, 2.75) is 38.6 Å². The van der Waals surface area contributed by atoms with E-state index in [0.29, 0.717) is 6.54 Å². The zero-order valence-electron chi connectivity index (χ0n) is 17.6. The van der Waals surface area contributed by atoms with Crippen LogP contribution in [0.2, 0.25) is 5.02 Å². The number of aliphatic imine (C=N–C) groups is 1. The van der Waals surface area contributed by atoms with Crippen LogP contribution in [0.5, 0.6) is 0 Å². The van der Waals surface area contributed by atoms with Crippen molar-refractivity contribution in [3.8, 4) is 0 Å². The quantitative estimate of drug-likeness (QED) is 0.351. The highest BCUT2D eigenvalue weighted by molar-refractivity contribution is 14.0. The Bertz CT molecular complexity index is 846. The van der Waals surface area contributed by atoms with Gasteiger partial charge in [0.15, 0.2) is 5.96 Å². The molecule has 0 atom stereocenters. The van der Waals surface area contributed by atoms with Crippen molar-refractivity contribution in [2.24, 2.45) is 12.0 Å². The van der Waals surface area contributed by atoms with Crippen molar-refractivity contribution >= 4 is 41.5 Å². The minimum atomic E-state index is -0.0612. The molecule has 1 fully saturated rings. The maximum Gasteiger partial charge on any atom is 0.191 e. The molecule has 0 bridgehead atoms. The molecule has 2 N–H and O–H groups in total. The lowest BCUT2D eigenvalue weighted by molar-refractivity contribution is 0.0514. The van der Waals surface area contributed by atoms with Gasteiger partial charge in [-0.3, -0.25) is 9.67 Å². The van der Waals surface area contributed by atoms with E-state index in [1.165, 1.54) is 11.1 Å². The van der Waals surface area contributed by atoms with Crippen LogP contribution >= 0.6 is 35.6 Å². The largest absolute Gasteiger partial charge is 0.381 e. The number of halogens is 2. The summed E-state index contributed by atoms with van der Waals surface area (Å²) in [4.78, 5) is 4.40. The Labute approximate surface area is 195 Å². The summed E-state index contributed by atoms with van der Waals surface area (Å²) in [7, 11) is 3.77. The predicted octanol–water partition coefficient (Wildman–Crippen LogP) is 3.72. The van der Waals surface area contributed by atoms with Gasteiger partial charge in [-0.25, -0.2) is 0 Å². The zero-order chi connectivity index (χ0) is 20.1. The van der Waals surface area contributed by atoms with Gasteiger partial charge in [0.2, 0.25) is 0 Å². The van der Waals surface area contributed by atoms with E-state index < -0.39 is 0 Å². The molecule has 0 spiro atoms. The Balaban J connectivity index is 0.00000300. The van der Waals surface area contributed by atoms with Crippen molar-refractivity contribution in [1.82, 2.24) is 20.4 Å². The van der Waals surface area contributed by atoms with Crippen LogP contribution in [0.3, 0.4) is 0 Å². The molecule has 1 aliphatic rings. The minimum absolute atomic E-state index is 0. The van der Waals surface area contributed by atoms with E-state index >= 15 is 0 Å². The number of guanidine groups is 1. The van der Waals surface area contributed by atoms with Crippen LogP contribution < -0.4 is 10.6 Å². The van der Waals surface area contributed by atoms with Crippen LogP contribution in [0.4, 0.5) is 0 Å². The molecule has 0 amide bonds. The molecule has 0 aliphatic carbocycles. The van der Waals surface area contributed by atoms with Gasteiger partial charge in [-0.2, -0.15) is 5.10 Å². The Morgan fingerprint density at radius 3 is 2.52 bits per heavy atom. The average molecular weight is 532 g/mol. The highest BCUT2D eigenvalue weighted by Gasteiger charge is 2.36. The van der Waals surface area contributed by atoms with Gasteiger partial charge < -0.3 is 15.4 Å². The summed E-state index contributed by atoms with van der Waals surface area (Å²) in [6.07, 6.45) is 1.86. The lowest BCUT2D eigenvalue weighted by atomic mass is 9.74. The molecular weight excluding hydrogens is 501 g/mol. The highest BCUT2D eigenvalue weighted by Crippen LogP contribution is 2.38. The molecule has 2 aromatic rings. The summed E-state index contributed by atoms with van der Waals surface area (Å²) in [5.41, 5.74) is 4.53. The van der Waals surface area contributed by atoms with Gasteiger partial charge >= 0.3 is 0 Å². The molecule has 1 aromatic carbocycles. The first-order valence-electron chi connectivity index (χ1n) is 9.73. The van der Waals surface area contributed by atoms with E-state index in [-0.39, 0.29) is 29.4 Å². The van der Waals surface area contributed by atoms with Crippen molar-refractivity contribution < 1.29 is 4.74 Å². The Kier molecular flexibility index (Phi) is 8.78. The number of hydrogen-bond donors (Lipinski definition) is 2. The van der Waals surface area contributed by atoms with Crippen LogP contribution in [-0.4, -0.2) is 42.5 Å². The van der Waals surface area contributed by atoms with E-state index in [1.807, 2.05) is 30.8 Å². The number of nitrogens with one attached hydrogen (secondary N) is 2. The summed E-state index contributed by atoms with van der Waals surface area (Å²) >= 11 is 6.55. The zero-order valence-corrected chi connectivity index (χ0v) is 20.7. The van der Waals surface area contributed by atoms with E-state index in [1.54, 1.807) is 7.05 Å². The van der Waals surface area contributed by atoms with Crippen LogP contribution in [0, 0.1) is 13.8 Å². The van der Waals surface area contributed by atoms with Crippen molar-refractivity contribution in [3.05, 3.63) is 51.8 Å². The van der Waals surface area contributed by atoms with Crippen molar-refractivity contribution in [1.29, 1.82) is 0 Å². The molecule has 2 heterocycles. The number of hydrogen-bond acceptors (Lipinski definition) is 3. The number of aryl methyl sites for hydroxylation is 2. The Morgan fingerprint density at radius 2 is 1.93 bits per heavy atom. The summed E-state index contributed by atoms with van der Waals surface area (Å²) in [6.45, 7) is 7.05. The predicted molar refractivity (Wildman–Crippen MR) is 129 cm³/mol. The first kappa shape index (κ1) is 24.0. The van der Waals surface area contributed by atoms with Gasteiger partial charge in [-0.05, 0) is 38.3 Å². The van der Waals surface area contributed by atoms with Crippen LogP contribution in [-0.2, 0) is 23.7 Å². The average Bonchev–Trinajstić information content (AvgIpc) is 2.95. The van der Waals surface area contributed by atoms with Crippen LogP contribution in [0.15, 0.2) is 29.3 Å². The first-order valence-corrected chi connectivity index (χ1v) is 10.1. The molecule has 0 saturated carbocycles. The maximum atomic E-state index is 6.55. The van der Waals surface area contributed by atoms with Gasteiger partial charge in [0.25, 0.3) is 0 Å². The topological polar surface area (TPSA) is 63.5 Å². The molecule has 0 unspecified atom stereocenters. The summed E-state index contributed by atoms with van der Waals surface area (Å²) < 4.78 is 7.54. The monoisotopic (exact) mass is 531 g/mol. The molecule has 1 aromatic heterocycles. The molecular formula is C21H31ClIN5O. The van der Waals surface area contributed by atoms with E-state index in [2.05, 4.69) is 39.8 Å². The molecule has 0 radical (unpaired) electrons. The second kappa shape index (κ2) is 10.6. The van der Waals surface area contributed by atoms with Gasteiger partial charge in [-0.15, -0.1) is 24.0 Å². The molecule has 160 valence electrons. The maximum absolute atomic E-state index is 6.55. The normalized spacial score (nSPS) is 16.2. The smallest absolute Gasteiger partial charge is 0.191 e. The van der Waals surface area contributed by atoms with Gasteiger partial charge in [-0.1, -0.05) is 29.8 Å². The lowest BCUT2D eigenvalue weighted by Crippen LogP contribution is -2.48.